The van der Waals surface area contributed by atoms with E-state index in [1.54, 1.807) is 0 Å². The molecule has 1 saturated carbocycles. The molecule has 0 bridgehead atoms. The second-order valence-corrected chi connectivity index (χ2v) is 4.65. The molecule has 0 saturated heterocycles. The van der Waals surface area contributed by atoms with Crippen LogP contribution in [0.2, 0.25) is 0 Å². The van der Waals surface area contributed by atoms with E-state index in [9.17, 15) is 4.79 Å². The van der Waals surface area contributed by atoms with Crippen LogP contribution in [0, 0.1) is 5.41 Å². The standard InChI is InChI=1S/C12H23NO3/c1-2-3-8-16-11(15)9-13-10-12(4-5-12)6-7-14/h13-14H,2-10H2,1H3. The van der Waals surface area contributed by atoms with Gasteiger partial charge in [-0.3, -0.25) is 4.79 Å². The Labute approximate surface area is 97.4 Å². The number of unbranched alkanes of at least 4 members (excludes halogenated alkanes) is 1. The topological polar surface area (TPSA) is 58.6 Å². The van der Waals surface area contributed by atoms with Crippen LogP contribution in [-0.4, -0.2) is 37.4 Å². The number of carbonyl (C=O) groups is 1. The molecule has 0 aliphatic heterocycles. The van der Waals surface area contributed by atoms with Gasteiger partial charge in [0.15, 0.2) is 0 Å². The zero-order valence-electron chi connectivity index (χ0n) is 10.1. The van der Waals surface area contributed by atoms with Gasteiger partial charge in [-0.1, -0.05) is 13.3 Å². The van der Waals surface area contributed by atoms with Crippen molar-refractivity contribution in [2.24, 2.45) is 5.41 Å². The molecule has 0 unspecified atom stereocenters. The summed E-state index contributed by atoms with van der Waals surface area (Å²) in [6, 6.07) is 0. The van der Waals surface area contributed by atoms with Crippen molar-refractivity contribution >= 4 is 5.97 Å². The van der Waals surface area contributed by atoms with Gasteiger partial charge >= 0.3 is 5.97 Å². The van der Waals surface area contributed by atoms with Gasteiger partial charge in [-0.25, -0.2) is 0 Å². The van der Waals surface area contributed by atoms with Crippen molar-refractivity contribution in [3.05, 3.63) is 0 Å². The molecule has 0 atom stereocenters. The molecule has 4 heteroatoms. The Morgan fingerprint density at radius 1 is 1.50 bits per heavy atom. The first-order valence-corrected chi connectivity index (χ1v) is 6.20. The molecule has 16 heavy (non-hydrogen) atoms. The van der Waals surface area contributed by atoms with Gasteiger partial charge in [0.1, 0.15) is 0 Å². The molecule has 94 valence electrons. The molecule has 0 radical (unpaired) electrons. The summed E-state index contributed by atoms with van der Waals surface area (Å²) in [4.78, 5) is 11.2. The molecular weight excluding hydrogens is 206 g/mol. The van der Waals surface area contributed by atoms with Crippen molar-refractivity contribution in [3.8, 4) is 0 Å². The van der Waals surface area contributed by atoms with E-state index in [0.717, 1.165) is 38.6 Å². The van der Waals surface area contributed by atoms with Crippen molar-refractivity contribution in [3.63, 3.8) is 0 Å². The van der Waals surface area contributed by atoms with Crippen molar-refractivity contribution in [1.82, 2.24) is 5.32 Å². The Balaban J connectivity index is 2.00. The largest absolute Gasteiger partial charge is 0.465 e. The quantitative estimate of drug-likeness (QED) is 0.459. The first-order chi connectivity index (χ1) is 7.72. The Bertz CT molecular complexity index is 214. The number of esters is 1. The molecule has 4 nitrogen and oxygen atoms in total. The zero-order chi connectivity index (χ0) is 11.9. The van der Waals surface area contributed by atoms with E-state index in [4.69, 9.17) is 9.84 Å². The summed E-state index contributed by atoms with van der Waals surface area (Å²) in [5.74, 6) is -0.173. The van der Waals surface area contributed by atoms with E-state index in [1.807, 2.05) is 0 Å². The van der Waals surface area contributed by atoms with E-state index < -0.39 is 0 Å². The second-order valence-electron chi connectivity index (χ2n) is 4.65. The normalized spacial score (nSPS) is 17.1. The van der Waals surface area contributed by atoms with Crippen molar-refractivity contribution in [1.29, 1.82) is 0 Å². The number of nitrogens with one attached hydrogen (secondary N) is 1. The molecule has 2 N–H and O–H groups in total. The van der Waals surface area contributed by atoms with Crippen molar-refractivity contribution in [2.45, 2.75) is 39.0 Å². The summed E-state index contributed by atoms with van der Waals surface area (Å²) in [5, 5.41) is 12.0. The van der Waals surface area contributed by atoms with Gasteiger partial charge in [0.2, 0.25) is 0 Å². The highest BCUT2D eigenvalue weighted by molar-refractivity contribution is 5.71. The minimum absolute atomic E-state index is 0.173. The fourth-order valence-corrected chi connectivity index (χ4v) is 1.74. The van der Waals surface area contributed by atoms with Crippen LogP contribution in [0.3, 0.4) is 0 Å². The van der Waals surface area contributed by atoms with Crippen LogP contribution in [0.4, 0.5) is 0 Å². The molecule has 0 amide bonds. The second kappa shape index (κ2) is 6.86. The van der Waals surface area contributed by atoms with Gasteiger partial charge in [-0.05, 0) is 31.1 Å². The van der Waals surface area contributed by atoms with Crippen molar-refractivity contribution < 1.29 is 14.6 Å². The van der Waals surface area contributed by atoms with Gasteiger partial charge < -0.3 is 15.2 Å². The lowest BCUT2D eigenvalue weighted by atomic mass is 10.0. The van der Waals surface area contributed by atoms with Crippen LogP contribution in [-0.2, 0) is 9.53 Å². The number of carbonyl (C=O) groups excluding carboxylic acids is 1. The Morgan fingerprint density at radius 2 is 2.25 bits per heavy atom. The van der Waals surface area contributed by atoms with Crippen LogP contribution in [0.5, 0.6) is 0 Å². The number of rotatable bonds is 9. The molecule has 0 aromatic rings. The van der Waals surface area contributed by atoms with E-state index in [-0.39, 0.29) is 24.5 Å². The van der Waals surface area contributed by atoms with Crippen LogP contribution in [0.15, 0.2) is 0 Å². The number of hydrogen-bond donors (Lipinski definition) is 2. The molecule has 1 rings (SSSR count). The van der Waals surface area contributed by atoms with Gasteiger partial charge in [0, 0.05) is 13.2 Å². The third-order valence-electron chi connectivity index (χ3n) is 3.13. The Hall–Kier alpha value is -0.610. The third kappa shape index (κ3) is 4.94. The fraction of sp³-hybridized carbons (Fsp3) is 0.917. The average Bonchev–Trinajstić information content (AvgIpc) is 2.99. The minimum Gasteiger partial charge on any atom is -0.465 e. The summed E-state index contributed by atoms with van der Waals surface area (Å²) in [7, 11) is 0. The highest BCUT2D eigenvalue weighted by Crippen LogP contribution is 2.47. The van der Waals surface area contributed by atoms with E-state index in [1.165, 1.54) is 0 Å². The monoisotopic (exact) mass is 229 g/mol. The van der Waals surface area contributed by atoms with Gasteiger partial charge in [-0.15, -0.1) is 0 Å². The molecule has 0 aromatic heterocycles. The molecule has 0 aromatic carbocycles. The zero-order valence-corrected chi connectivity index (χ0v) is 10.1. The molecule has 0 heterocycles. The van der Waals surface area contributed by atoms with Crippen LogP contribution in [0.1, 0.15) is 39.0 Å². The molecule has 1 aliphatic carbocycles. The summed E-state index contributed by atoms with van der Waals surface area (Å²) < 4.78 is 5.03. The van der Waals surface area contributed by atoms with Crippen LogP contribution < -0.4 is 5.32 Å². The first-order valence-electron chi connectivity index (χ1n) is 6.20. The number of aliphatic hydroxyl groups excluding tert-OH is 1. The lowest BCUT2D eigenvalue weighted by molar-refractivity contribution is -0.142. The summed E-state index contributed by atoms with van der Waals surface area (Å²) in [6.07, 6.45) is 5.13. The molecular formula is C12H23NO3. The molecule has 1 fully saturated rings. The first kappa shape index (κ1) is 13.5. The molecule has 1 aliphatic rings. The summed E-state index contributed by atoms with van der Waals surface area (Å²) in [5.41, 5.74) is 0.262. The summed E-state index contributed by atoms with van der Waals surface area (Å²) >= 11 is 0. The van der Waals surface area contributed by atoms with E-state index in [2.05, 4.69) is 12.2 Å². The maximum atomic E-state index is 11.2. The predicted octanol–water partition coefficient (Wildman–Crippen LogP) is 1.08. The van der Waals surface area contributed by atoms with E-state index >= 15 is 0 Å². The smallest absolute Gasteiger partial charge is 0.319 e. The minimum atomic E-state index is -0.173. The number of hydrogen-bond acceptors (Lipinski definition) is 4. The number of ether oxygens (including phenoxy) is 1. The van der Waals surface area contributed by atoms with Gasteiger partial charge in [-0.2, -0.15) is 0 Å². The average molecular weight is 229 g/mol. The maximum absolute atomic E-state index is 11.2. The highest BCUT2D eigenvalue weighted by Gasteiger charge is 2.41. The fourth-order valence-electron chi connectivity index (χ4n) is 1.74. The summed E-state index contributed by atoms with van der Waals surface area (Å²) in [6.45, 7) is 3.94. The maximum Gasteiger partial charge on any atom is 0.319 e. The van der Waals surface area contributed by atoms with Gasteiger partial charge in [0.25, 0.3) is 0 Å². The Kier molecular flexibility index (Phi) is 5.77. The highest BCUT2D eigenvalue weighted by atomic mass is 16.5. The third-order valence-corrected chi connectivity index (χ3v) is 3.13. The van der Waals surface area contributed by atoms with Crippen LogP contribution in [0.25, 0.3) is 0 Å². The number of aliphatic hydroxyl groups is 1. The van der Waals surface area contributed by atoms with Gasteiger partial charge in [0.05, 0.1) is 13.2 Å². The lowest BCUT2D eigenvalue weighted by Crippen LogP contribution is -2.30. The van der Waals surface area contributed by atoms with Crippen molar-refractivity contribution in [2.75, 3.05) is 26.3 Å². The Morgan fingerprint density at radius 3 is 2.81 bits per heavy atom. The predicted molar refractivity (Wildman–Crippen MR) is 62.1 cm³/mol. The molecule has 0 spiro atoms. The SMILES string of the molecule is CCCCOC(=O)CNCC1(CCO)CC1. The van der Waals surface area contributed by atoms with Crippen LogP contribution >= 0.6 is 0 Å². The lowest BCUT2D eigenvalue weighted by Gasteiger charge is -2.13. The van der Waals surface area contributed by atoms with E-state index in [0.29, 0.717) is 6.61 Å².